The fourth-order valence-corrected chi connectivity index (χ4v) is 3.44. The summed E-state index contributed by atoms with van der Waals surface area (Å²) in [6.07, 6.45) is 4.19. The minimum absolute atomic E-state index is 0.984. The van der Waals surface area contributed by atoms with Crippen LogP contribution in [0.2, 0.25) is 0 Å². The molecule has 0 aliphatic carbocycles. The van der Waals surface area contributed by atoms with Crippen LogP contribution in [0.1, 0.15) is 11.3 Å². The van der Waals surface area contributed by atoms with Crippen molar-refractivity contribution in [3.63, 3.8) is 0 Å². The molecule has 3 aromatic carbocycles. The Labute approximate surface area is 145 Å². The van der Waals surface area contributed by atoms with E-state index in [0.717, 1.165) is 16.6 Å². The predicted octanol–water partition coefficient (Wildman–Crippen LogP) is 5.76. The van der Waals surface area contributed by atoms with Gasteiger partial charge in [-0.25, -0.2) is 4.09 Å². The number of nitrogens with zero attached hydrogens (tertiary/aromatic N) is 2. The molecule has 4 rings (SSSR count). The predicted molar refractivity (Wildman–Crippen MR) is 103 cm³/mol. The third-order valence-electron chi connectivity index (χ3n) is 3.75. The molecule has 1 aromatic heterocycles. The lowest BCUT2D eigenvalue weighted by Gasteiger charge is -2.01. The second-order valence-corrected chi connectivity index (χ2v) is 6.42. The fraction of sp³-hybridized carbons (Fsp3) is 0. The summed E-state index contributed by atoms with van der Waals surface area (Å²) in [6, 6.07) is 28.9. The zero-order chi connectivity index (χ0) is 16.2. The largest absolute Gasteiger partial charge is 0.201 e. The van der Waals surface area contributed by atoms with Crippen LogP contribution in [-0.2, 0) is 0 Å². The lowest BCUT2D eigenvalue weighted by molar-refractivity contribution is 1.03. The first kappa shape index (κ1) is 14.8. The Balaban J connectivity index is 1.73. The number of fused-ring (bicyclic) bond motifs is 1. The molecule has 0 atom stereocenters. The first-order valence-corrected chi connectivity index (χ1v) is 8.62. The zero-order valence-electron chi connectivity index (χ0n) is 13.0. The molecule has 0 unspecified atom stereocenters. The van der Waals surface area contributed by atoms with Gasteiger partial charge in [0.2, 0.25) is 0 Å². The molecule has 0 saturated carbocycles. The van der Waals surface area contributed by atoms with Gasteiger partial charge >= 0.3 is 0 Å². The average molecular weight is 328 g/mol. The Morgan fingerprint density at radius 2 is 1.38 bits per heavy atom. The highest BCUT2D eigenvalue weighted by molar-refractivity contribution is 7.98. The van der Waals surface area contributed by atoms with E-state index in [1.807, 2.05) is 40.5 Å². The highest BCUT2D eigenvalue weighted by atomic mass is 32.2. The molecule has 0 amide bonds. The van der Waals surface area contributed by atoms with Crippen LogP contribution in [0.25, 0.3) is 23.1 Å². The summed E-state index contributed by atoms with van der Waals surface area (Å²) in [5.41, 5.74) is 3.28. The van der Waals surface area contributed by atoms with Gasteiger partial charge in [0.1, 0.15) is 0 Å². The van der Waals surface area contributed by atoms with Crippen molar-refractivity contribution in [1.29, 1.82) is 0 Å². The van der Waals surface area contributed by atoms with Gasteiger partial charge in [0.05, 0.1) is 11.2 Å². The van der Waals surface area contributed by atoms with Crippen LogP contribution in [0.15, 0.2) is 89.8 Å². The molecule has 3 heteroatoms. The van der Waals surface area contributed by atoms with Crippen molar-refractivity contribution in [2.24, 2.45) is 0 Å². The number of hydrogen-bond acceptors (Lipinski definition) is 2. The van der Waals surface area contributed by atoms with E-state index in [0.29, 0.717) is 0 Å². The molecule has 0 aliphatic heterocycles. The summed E-state index contributed by atoms with van der Waals surface area (Å²) in [4.78, 5) is 1.17. The van der Waals surface area contributed by atoms with E-state index < -0.39 is 0 Å². The second kappa shape index (κ2) is 6.77. The van der Waals surface area contributed by atoms with Crippen LogP contribution in [0, 0.1) is 0 Å². The number of aromatic nitrogens is 2. The smallest absolute Gasteiger partial charge is 0.0940 e. The van der Waals surface area contributed by atoms with E-state index in [9.17, 15) is 0 Å². The highest BCUT2D eigenvalue weighted by Gasteiger charge is 2.09. The summed E-state index contributed by atoms with van der Waals surface area (Å²) >= 11 is 1.63. The summed E-state index contributed by atoms with van der Waals surface area (Å²) in [6.45, 7) is 0. The number of rotatable bonds is 4. The van der Waals surface area contributed by atoms with Crippen LogP contribution >= 0.6 is 11.9 Å². The SMILES string of the molecule is C(=Cc1nn(Sc2ccccc2)c2ccccc12)c1ccccc1. The number of hydrogen-bond donors (Lipinski definition) is 0. The third-order valence-corrected chi connectivity index (χ3v) is 4.69. The lowest BCUT2D eigenvalue weighted by Crippen LogP contribution is -1.89. The second-order valence-electron chi connectivity index (χ2n) is 5.42. The minimum atomic E-state index is 0.984. The van der Waals surface area contributed by atoms with Gasteiger partial charge < -0.3 is 0 Å². The summed E-state index contributed by atoms with van der Waals surface area (Å²) in [5, 5.41) is 5.95. The van der Waals surface area contributed by atoms with Crippen LogP contribution in [0.4, 0.5) is 0 Å². The summed E-state index contributed by atoms with van der Waals surface area (Å²) in [5.74, 6) is 0. The molecular formula is C21H16N2S. The van der Waals surface area contributed by atoms with E-state index >= 15 is 0 Å². The molecule has 0 bridgehead atoms. The van der Waals surface area contributed by atoms with Crippen LogP contribution in [0.3, 0.4) is 0 Å². The molecule has 0 radical (unpaired) electrons. The van der Waals surface area contributed by atoms with Crippen molar-refractivity contribution in [2.75, 3.05) is 0 Å². The highest BCUT2D eigenvalue weighted by Crippen LogP contribution is 2.27. The fourth-order valence-electron chi connectivity index (χ4n) is 2.58. The van der Waals surface area contributed by atoms with Crippen LogP contribution in [0.5, 0.6) is 0 Å². The van der Waals surface area contributed by atoms with Crippen molar-refractivity contribution < 1.29 is 0 Å². The topological polar surface area (TPSA) is 17.8 Å². The van der Waals surface area contributed by atoms with Crippen molar-refractivity contribution in [2.45, 2.75) is 4.90 Å². The molecule has 4 aromatic rings. The van der Waals surface area contributed by atoms with E-state index in [-0.39, 0.29) is 0 Å². The molecule has 2 nitrogen and oxygen atoms in total. The Morgan fingerprint density at radius 3 is 2.17 bits per heavy atom. The van der Waals surface area contributed by atoms with Gasteiger partial charge in [0.15, 0.2) is 0 Å². The molecule has 24 heavy (non-hydrogen) atoms. The maximum Gasteiger partial charge on any atom is 0.0940 e. The molecule has 0 N–H and O–H groups in total. The molecule has 0 fully saturated rings. The van der Waals surface area contributed by atoms with Gasteiger partial charge in [0.25, 0.3) is 0 Å². The lowest BCUT2D eigenvalue weighted by atomic mass is 10.1. The van der Waals surface area contributed by atoms with E-state index in [4.69, 9.17) is 5.10 Å². The number of benzene rings is 3. The summed E-state index contributed by atoms with van der Waals surface area (Å²) < 4.78 is 2.00. The monoisotopic (exact) mass is 328 g/mol. The van der Waals surface area contributed by atoms with Crippen LogP contribution < -0.4 is 0 Å². The van der Waals surface area contributed by atoms with Crippen LogP contribution in [-0.4, -0.2) is 9.19 Å². The maximum absolute atomic E-state index is 4.79. The van der Waals surface area contributed by atoms with Gasteiger partial charge in [0, 0.05) is 22.2 Å². The first-order chi connectivity index (χ1) is 11.9. The minimum Gasteiger partial charge on any atom is -0.201 e. The molecule has 1 heterocycles. The van der Waals surface area contributed by atoms with Crippen molar-refractivity contribution >= 4 is 35.0 Å². The molecular weight excluding hydrogens is 312 g/mol. The Hall–Kier alpha value is -2.78. The maximum atomic E-state index is 4.79. The van der Waals surface area contributed by atoms with Gasteiger partial charge in [-0.1, -0.05) is 72.8 Å². The van der Waals surface area contributed by atoms with E-state index in [2.05, 4.69) is 60.7 Å². The molecule has 0 spiro atoms. The van der Waals surface area contributed by atoms with Crippen molar-refractivity contribution in [3.8, 4) is 0 Å². The normalized spacial score (nSPS) is 11.3. The first-order valence-electron chi connectivity index (χ1n) is 7.84. The Bertz CT molecular complexity index is 973. The average Bonchev–Trinajstić information content (AvgIpc) is 3.00. The van der Waals surface area contributed by atoms with E-state index in [1.54, 1.807) is 11.9 Å². The van der Waals surface area contributed by atoms with Gasteiger partial charge in [-0.15, -0.1) is 0 Å². The molecule has 116 valence electrons. The van der Waals surface area contributed by atoms with Gasteiger partial charge in [-0.2, -0.15) is 5.10 Å². The van der Waals surface area contributed by atoms with Gasteiger partial charge in [-0.05, 0) is 29.8 Å². The third kappa shape index (κ3) is 3.12. The van der Waals surface area contributed by atoms with Gasteiger partial charge in [-0.3, -0.25) is 0 Å². The molecule has 0 aliphatic rings. The van der Waals surface area contributed by atoms with Crippen molar-refractivity contribution in [3.05, 3.63) is 96.2 Å². The molecule has 0 saturated heterocycles. The quantitative estimate of drug-likeness (QED) is 0.474. The summed E-state index contributed by atoms with van der Waals surface area (Å²) in [7, 11) is 0. The Kier molecular flexibility index (Phi) is 4.17. The van der Waals surface area contributed by atoms with Crippen molar-refractivity contribution in [1.82, 2.24) is 9.19 Å². The number of para-hydroxylation sites is 1. The standard InChI is InChI=1S/C21H16N2S/c1-3-9-17(10-4-1)15-16-20-19-13-7-8-14-21(19)23(22-20)24-18-11-5-2-6-12-18/h1-16H. The zero-order valence-corrected chi connectivity index (χ0v) is 13.9. The van der Waals surface area contributed by atoms with E-state index in [1.165, 1.54) is 10.5 Å². The Morgan fingerprint density at radius 1 is 0.708 bits per heavy atom.